The number of sulfone groups is 1. The summed E-state index contributed by atoms with van der Waals surface area (Å²) in [4.78, 5) is 22.9. The van der Waals surface area contributed by atoms with Crippen molar-refractivity contribution in [1.29, 1.82) is 0 Å². The molecule has 0 saturated carbocycles. The topological polar surface area (TPSA) is 92.3 Å². The van der Waals surface area contributed by atoms with Crippen LogP contribution in [-0.4, -0.2) is 53.3 Å². The van der Waals surface area contributed by atoms with E-state index >= 15 is 0 Å². The van der Waals surface area contributed by atoms with Gasteiger partial charge in [-0.15, -0.1) is 0 Å². The van der Waals surface area contributed by atoms with Crippen molar-refractivity contribution >= 4 is 21.4 Å². The molecule has 1 atom stereocenters. The van der Waals surface area contributed by atoms with E-state index in [0.29, 0.717) is 25.1 Å². The zero-order valence-corrected chi connectivity index (χ0v) is 15.4. The maximum absolute atomic E-state index is 12.9. The number of rotatable bonds is 6. The highest BCUT2D eigenvalue weighted by Gasteiger charge is 2.34. The fourth-order valence-corrected chi connectivity index (χ4v) is 4.83. The molecule has 1 N–H and O–H groups in total. The van der Waals surface area contributed by atoms with Crippen molar-refractivity contribution in [3.8, 4) is 0 Å². The summed E-state index contributed by atoms with van der Waals surface area (Å²) in [6.07, 6.45) is 5.38. The van der Waals surface area contributed by atoms with Crippen LogP contribution in [0.2, 0.25) is 0 Å². The quantitative estimate of drug-likeness (QED) is 0.828. The number of anilines is 1. The SMILES string of the molecule is CCN(C(=O)c1cncc(NCc2ccccn2)c1)C1CCS(=O)(=O)C1. The Labute approximate surface area is 153 Å². The molecule has 2 aromatic rings. The van der Waals surface area contributed by atoms with E-state index in [1.54, 1.807) is 23.4 Å². The summed E-state index contributed by atoms with van der Waals surface area (Å²) in [6.45, 7) is 2.85. The van der Waals surface area contributed by atoms with Crippen molar-refractivity contribution in [3.63, 3.8) is 0 Å². The number of hydrogen-bond donors (Lipinski definition) is 1. The van der Waals surface area contributed by atoms with Gasteiger partial charge in [-0.2, -0.15) is 0 Å². The summed E-state index contributed by atoms with van der Waals surface area (Å²) in [5, 5.41) is 3.20. The Morgan fingerprint density at radius 1 is 1.35 bits per heavy atom. The largest absolute Gasteiger partial charge is 0.378 e. The van der Waals surface area contributed by atoms with E-state index in [4.69, 9.17) is 0 Å². The average Bonchev–Trinajstić information content (AvgIpc) is 3.01. The van der Waals surface area contributed by atoms with Gasteiger partial charge in [0.1, 0.15) is 0 Å². The summed E-state index contributed by atoms with van der Waals surface area (Å²) < 4.78 is 23.5. The number of carbonyl (C=O) groups is 1. The van der Waals surface area contributed by atoms with Gasteiger partial charge in [0.25, 0.3) is 5.91 Å². The van der Waals surface area contributed by atoms with Crippen molar-refractivity contribution in [2.75, 3.05) is 23.4 Å². The van der Waals surface area contributed by atoms with Crippen LogP contribution in [0.3, 0.4) is 0 Å². The molecule has 3 heterocycles. The van der Waals surface area contributed by atoms with E-state index in [0.717, 1.165) is 11.4 Å². The Balaban J connectivity index is 1.71. The van der Waals surface area contributed by atoms with E-state index in [-0.39, 0.29) is 23.5 Å². The number of aromatic nitrogens is 2. The van der Waals surface area contributed by atoms with Gasteiger partial charge in [-0.3, -0.25) is 14.8 Å². The molecule has 8 heteroatoms. The summed E-state index contributed by atoms with van der Waals surface area (Å²) in [7, 11) is -3.04. The second kappa shape index (κ2) is 7.82. The molecular weight excluding hydrogens is 352 g/mol. The Bertz CT molecular complexity index is 871. The van der Waals surface area contributed by atoms with Crippen LogP contribution in [-0.2, 0) is 16.4 Å². The van der Waals surface area contributed by atoms with E-state index in [9.17, 15) is 13.2 Å². The first kappa shape index (κ1) is 18.3. The maximum Gasteiger partial charge on any atom is 0.255 e. The third-order valence-electron chi connectivity index (χ3n) is 4.44. The highest BCUT2D eigenvalue weighted by atomic mass is 32.2. The number of amides is 1. The summed E-state index contributed by atoms with van der Waals surface area (Å²) in [6, 6.07) is 7.16. The lowest BCUT2D eigenvalue weighted by atomic mass is 10.1. The molecule has 1 unspecified atom stereocenters. The van der Waals surface area contributed by atoms with Gasteiger partial charge in [0, 0.05) is 31.2 Å². The van der Waals surface area contributed by atoms with E-state index < -0.39 is 9.84 Å². The highest BCUT2D eigenvalue weighted by molar-refractivity contribution is 7.91. The number of carbonyl (C=O) groups excluding carboxylic acids is 1. The molecular formula is C18H22N4O3S. The van der Waals surface area contributed by atoms with Gasteiger partial charge < -0.3 is 10.2 Å². The van der Waals surface area contributed by atoms with E-state index in [2.05, 4.69) is 15.3 Å². The van der Waals surface area contributed by atoms with E-state index in [1.807, 2.05) is 25.1 Å². The van der Waals surface area contributed by atoms with Crippen LogP contribution in [0.5, 0.6) is 0 Å². The van der Waals surface area contributed by atoms with Gasteiger partial charge in [0.05, 0.1) is 35.0 Å². The minimum atomic E-state index is -3.04. The molecule has 1 saturated heterocycles. The van der Waals surface area contributed by atoms with Gasteiger partial charge in [0.2, 0.25) is 0 Å². The molecule has 1 aliphatic rings. The Morgan fingerprint density at radius 2 is 2.19 bits per heavy atom. The lowest BCUT2D eigenvalue weighted by Crippen LogP contribution is -2.41. The second-order valence-electron chi connectivity index (χ2n) is 6.28. The molecule has 0 bridgehead atoms. The van der Waals surface area contributed by atoms with Crippen molar-refractivity contribution in [3.05, 3.63) is 54.1 Å². The zero-order valence-electron chi connectivity index (χ0n) is 14.6. The second-order valence-corrected chi connectivity index (χ2v) is 8.51. The molecule has 2 aromatic heterocycles. The van der Waals surface area contributed by atoms with Crippen LogP contribution >= 0.6 is 0 Å². The number of nitrogens with zero attached hydrogens (tertiary/aromatic N) is 3. The van der Waals surface area contributed by atoms with Gasteiger partial charge in [0.15, 0.2) is 9.84 Å². The minimum absolute atomic E-state index is 0.0393. The molecule has 0 spiro atoms. The molecule has 3 rings (SSSR count). The number of nitrogens with one attached hydrogen (secondary N) is 1. The fourth-order valence-electron chi connectivity index (χ4n) is 3.10. The van der Waals surface area contributed by atoms with Crippen LogP contribution < -0.4 is 5.32 Å². The van der Waals surface area contributed by atoms with Crippen molar-refractivity contribution in [2.24, 2.45) is 0 Å². The van der Waals surface area contributed by atoms with Crippen LogP contribution in [0.4, 0.5) is 5.69 Å². The first-order chi connectivity index (χ1) is 12.5. The third kappa shape index (κ3) is 4.37. The summed E-state index contributed by atoms with van der Waals surface area (Å²) in [5.41, 5.74) is 2.05. The van der Waals surface area contributed by atoms with Gasteiger partial charge in [-0.25, -0.2) is 8.42 Å². The molecule has 1 aliphatic heterocycles. The standard InChI is InChI=1S/C18H22N4O3S/c1-2-22(17-6-8-26(24,25)13-17)18(23)14-9-16(11-19-10-14)21-12-15-5-3-4-7-20-15/h3-5,7,9-11,17,21H,2,6,8,12-13H2,1H3. The predicted molar refractivity (Wildman–Crippen MR) is 99.6 cm³/mol. The van der Waals surface area contributed by atoms with Crippen molar-refractivity contribution in [2.45, 2.75) is 25.9 Å². The molecule has 1 amide bonds. The monoisotopic (exact) mass is 374 g/mol. The van der Waals surface area contributed by atoms with Crippen LogP contribution in [0.25, 0.3) is 0 Å². The lowest BCUT2D eigenvalue weighted by Gasteiger charge is -2.27. The zero-order chi connectivity index (χ0) is 18.6. The number of pyridine rings is 2. The van der Waals surface area contributed by atoms with Gasteiger partial charge in [-0.1, -0.05) is 6.07 Å². The Morgan fingerprint density at radius 3 is 2.85 bits per heavy atom. The average molecular weight is 374 g/mol. The maximum atomic E-state index is 12.9. The van der Waals surface area contributed by atoms with Crippen LogP contribution in [0.15, 0.2) is 42.9 Å². The molecule has 7 nitrogen and oxygen atoms in total. The molecule has 26 heavy (non-hydrogen) atoms. The fraction of sp³-hybridized carbons (Fsp3) is 0.389. The normalized spacial score (nSPS) is 18.4. The smallest absolute Gasteiger partial charge is 0.255 e. The molecule has 1 fully saturated rings. The van der Waals surface area contributed by atoms with Crippen LogP contribution in [0.1, 0.15) is 29.4 Å². The predicted octanol–water partition coefficient (Wildman–Crippen LogP) is 1.74. The molecule has 0 radical (unpaired) electrons. The summed E-state index contributed by atoms with van der Waals surface area (Å²) in [5.74, 6) is -0.00760. The van der Waals surface area contributed by atoms with Crippen LogP contribution in [0, 0.1) is 0 Å². The van der Waals surface area contributed by atoms with Crippen molar-refractivity contribution in [1.82, 2.24) is 14.9 Å². The molecule has 138 valence electrons. The van der Waals surface area contributed by atoms with Crippen molar-refractivity contribution < 1.29 is 13.2 Å². The van der Waals surface area contributed by atoms with Gasteiger partial charge in [-0.05, 0) is 31.5 Å². The third-order valence-corrected chi connectivity index (χ3v) is 6.19. The summed E-state index contributed by atoms with van der Waals surface area (Å²) >= 11 is 0. The van der Waals surface area contributed by atoms with Gasteiger partial charge >= 0.3 is 0 Å². The molecule has 0 aliphatic carbocycles. The minimum Gasteiger partial charge on any atom is -0.378 e. The Hall–Kier alpha value is -2.48. The first-order valence-corrected chi connectivity index (χ1v) is 10.4. The first-order valence-electron chi connectivity index (χ1n) is 8.59. The van der Waals surface area contributed by atoms with E-state index in [1.165, 1.54) is 6.20 Å². The number of hydrogen-bond acceptors (Lipinski definition) is 6. The molecule has 0 aromatic carbocycles. The lowest BCUT2D eigenvalue weighted by molar-refractivity contribution is 0.0708. The Kier molecular flexibility index (Phi) is 5.51. The highest BCUT2D eigenvalue weighted by Crippen LogP contribution is 2.20.